The molecular weight excluding hydrogens is 340 g/mol. The van der Waals surface area contributed by atoms with E-state index in [4.69, 9.17) is 0 Å². The van der Waals surface area contributed by atoms with Gasteiger partial charge < -0.3 is 9.67 Å². The Morgan fingerprint density at radius 2 is 1.96 bits per heavy atom. The Kier molecular flexibility index (Phi) is 4.73. The lowest BCUT2D eigenvalue weighted by atomic mass is 9.98. The SMILES string of the molecule is Cn1cnnc1C1CCCN1Cc1ccc(-c2ccccc2C(=O)O)cc1. The lowest BCUT2D eigenvalue weighted by molar-refractivity contribution is 0.0697. The van der Waals surface area contributed by atoms with Gasteiger partial charge in [-0.1, -0.05) is 42.5 Å². The average molecular weight is 362 g/mol. The highest BCUT2D eigenvalue weighted by Gasteiger charge is 2.29. The molecule has 0 bridgehead atoms. The Labute approximate surface area is 158 Å². The van der Waals surface area contributed by atoms with Crippen LogP contribution in [0.1, 0.15) is 40.6 Å². The van der Waals surface area contributed by atoms with Crippen LogP contribution in [0.2, 0.25) is 0 Å². The van der Waals surface area contributed by atoms with Crippen LogP contribution in [0.15, 0.2) is 54.9 Å². The number of benzene rings is 2. The monoisotopic (exact) mass is 362 g/mol. The highest BCUT2D eigenvalue weighted by molar-refractivity contribution is 5.95. The molecule has 1 aromatic heterocycles. The van der Waals surface area contributed by atoms with Crippen molar-refractivity contribution in [3.8, 4) is 11.1 Å². The van der Waals surface area contributed by atoms with Crippen LogP contribution >= 0.6 is 0 Å². The van der Waals surface area contributed by atoms with Crippen molar-refractivity contribution in [2.24, 2.45) is 7.05 Å². The van der Waals surface area contributed by atoms with Gasteiger partial charge in [-0.3, -0.25) is 4.90 Å². The topological polar surface area (TPSA) is 71.2 Å². The van der Waals surface area contributed by atoms with Crippen molar-refractivity contribution in [2.75, 3.05) is 6.54 Å². The van der Waals surface area contributed by atoms with Gasteiger partial charge in [0, 0.05) is 13.6 Å². The van der Waals surface area contributed by atoms with Gasteiger partial charge in [-0.05, 0) is 42.1 Å². The van der Waals surface area contributed by atoms with Crippen LogP contribution in [0.3, 0.4) is 0 Å². The van der Waals surface area contributed by atoms with Crippen LogP contribution in [0.25, 0.3) is 11.1 Å². The number of carboxylic acid groups (broad SMARTS) is 1. The highest BCUT2D eigenvalue weighted by Crippen LogP contribution is 2.32. The summed E-state index contributed by atoms with van der Waals surface area (Å²) < 4.78 is 1.99. The molecule has 0 aliphatic carbocycles. The first-order chi connectivity index (χ1) is 13.1. The molecule has 4 rings (SSSR count). The van der Waals surface area contributed by atoms with Gasteiger partial charge in [-0.15, -0.1) is 10.2 Å². The average Bonchev–Trinajstić information content (AvgIpc) is 3.30. The molecule has 1 saturated heterocycles. The number of rotatable bonds is 5. The Balaban J connectivity index is 1.53. The van der Waals surface area contributed by atoms with E-state index >= 15 is 0 Å². The van der Waals surface area contributed by atoms with Crippen LogP contribution in [0, 0.1) is 0 Å². The summed E-state index contributed by atoms with van der Waals surface area (Å²) >= 11 is 0. The van der Waals surface area contributed by atoms with E-state index in [1.54, 1.807) is 18.5 Å². The van der Waals surface area contributed by atoms with Crippen molar-refractivity contribution in [1.82, 2.24) is 19.7 Å². The third kappa shape index (κ3) is 3.48. The summed E-state index contributed by atoms with van der Waals surface area (Å²) in [4.78, 5) is 13.9. The van der Waals surface area contributed by atoms with Gasteiger partial charge in [0.15, 0.2) is 0 Å². The summed E-state index contributed by atoms with van der Waals surface area (Å²) in [5, 5.41) is 17.7. The lowest BCUT2D eigenvalue weighted by Crippen LogP contribution is -2.24. The quantitative estimate of drug-likeness (QED) is 0.752. The fourth-order valence-corrected chi connectivity index (χ4v) is 3.85. The van der Waals surface area contributed by atoms with Crippen molar-refractivity contribution in [2.45, 2.75) is 25.4 Å². The van der Waals surface area contributed by atoms with Gasteiger partial charge in [-0.2, -0.15) is 0 Å². The molecule has 1 N–H and O–H groups in total. The van der Waals surface area contributed by atoms with Crippen molar-refractivity contribution < 1.29 is 9.90 Å². The second-order valence-electron chi connectivity index (χ2n) is 6.98. The molecule has 1 aliphatic rings. The van der Waals surface area contributed by atoms with Crippen LogP contribution in [-0.4, -0.2) is 37.3 Å². The first kappa shape index (κ1) is 17.4. The van der Waals surface area contributed by atoms with Gasteiger partial charge in [0.25, 0.3) is 0 Å². The molecule has 27 heavy (non-hydrogen) atoms. The van der Waals surface area contributed by atoms with Gasteiger partial charge in [0.05, 0.1) is 11.6 Å². The first-order valence-electron chi connectivity index (χ1n) is 9.13. The van der Waals surface area contributed by atoms with Crippen molar-refractivity contribution in [3.05, 3.63) is 71.8 Å². The van der Waals surface area contributed by atoms with Crippen LogP contribution in [0.4, 0.5) is 0 Å². The molecule has 1 unspecified atom stereocenters. The zero-order chi connectivity index (χ0) is 18.8. The number of aromatic nitrogens is 3. The maximum atomic E-state index is 11.4. The highest BCUT2D eigenvalue weighted by atomic mass is 16.4. The number of carbonyl (C=O) groups is 1. The van der Waals surface area contributed by atoms with E-state index in [-0.39, 0.29) is 0 Å². The zero-order valence-corrected chi connectivity index (χ0v) is 15.2. The van der Waals surface area contributed by atoms with Gasteiger partial charge in [-0.25, -0.2) is 4.79 Å². The second-order valence-corrected chi connectivity index (χ2v) is 6.98. The Bertz CT molecular complexity index is 949. The Hall–Kier alpha value is -2.99. The molecular formula is C21H22N4O2. The maximum absolute atomic E-state index is 11.4. The Morgan fingerprint density at radius 3 is 2.67 bits per heavy atom. The van der Waals surface area contributed by atoms with Gasteiger partial charge in [0.1, 0.15) is 12.2 Å². The molecule has 1 atom stereocenters. The smallest absolute Gasteiger partial charge is 0.336 e. The largest absolute Gasteiger partial charge is 0.478 e. The number of hydrogen-bond donors (Lipinski definition) is 1. The molecule has 0 radical (unpaired) electrons. The minimum Gasteiger partial charge on any atom is -0.478 e. The van der Waals surface area contributed by atoms with Gasteiger partial charge in [0.2, 0.25) is 0 Å². The third-order valence-electron chi connectivity index (χ3n) is 5.22. The van der Waals surface area contributed by atoms with E-state index in [1.165, 1.54) is 5.56 Å². The van der Waals surface area contributed by atoms with E-state index < -0.39 is 5.97 Å². The fourth-order valence-electron chi connectivity index (χ4n) is 3.85. The van der Waals surface area contributed by atoms with Gasteiger partial charge >= 0.3 is 5.97 Å². The third-order valence-corrected chi connectivity index (χ3v) is 5.22. The molecule has 2 aromatic carbocycles. The lowest BCUT2D eigenvalue weighted by Gasteiger charge is -2.23. The fraction of sp³-hybridized carbons (Fsp3) is 0.286. The number of likely N-dealkylation sites (tertiary alicyclic amines) is 1. The first-order valence-corrected chi connectivity index (χ1v) is 9.13. The second kappa shape index (κ2) is 7.32. The van der Waals surface area contributed by atoms with E-state index in [1.807, 2.05) is 35.9 Å². The van der Waals surface area contributed by atoms with E-state index in [2.05, 4.69) is 27.2 Å². The summed E-state index contributed by atoms with van der Waals surface area (Å²) in [5.41, 5.74) is 3.20. The molecule has 138 valence electrons. The summed E-state index contributed by atoms with van der Waals surface area (Å²) in [5.74, 6) is 0.109. The number of hydrogen-bond acceptors (Lipinski definition) is 4. The van der Waals surface area contributed by atoms with E-state index in [0.717, 1.165) is 42.9 Å². The molecule has 1 fully saturated rings. The number of aryl methyl sites for hydroxylation is 1. The molecule has 0 saturated carbocycles. The van der Waals surface area contributed by atoms with Crippen molar-refractivity contribution in [1.29, 1.82) is 0 Å². The summed E-state index contributed by atoms with van der Waals surface area (Å²) in [7, 11) is 1.99. The van der Waals surface area contributed by atoms with Crippen molar-refractivity contribution >= 4 is 5.97 Å². The minimum atomic E-state index is -0.904. The predicted molar refractivity (Wildman–Crippen MR) is 102 cm³/mol. The number of aromatic carboxylic acids is 1. The van der Waals surface area contributed by atoms with Crippen molar-refractivity contribution in [3.63, 3.8) is 0 Å². The maximum Gasteiger partial charge on any atom is 0.336 e. The van der Waals surface area contributed by atoms with E-state index in [0.29, 0.717) is 11.6 Å². The zero-order valence-electron chi connectivity index (χ0n) is 15.2. The summed E-state index contributed by atoms with van der Waals surface area (Å²) in [6, 6.07) is 15.6. The summed E-state index contributed by atoms with van der Waals surface area (Å²) in [6.45, 7) is 1.89. The Morgan fingerprint density at radius 1 is 1.19 bits per heavy atom. The van der Waals surface area contributed by atoms with Crippen LogP contribution in [0.5, 0.6) is 0 Å². The molecule has 6 nitrogen and oxygen atoms in total. The van der Waals surface area contributed by atoms with Crippen LogP contribution in [-0.2, 0) is 13.6 Å². The number of nitrogens with zero attached hydrogens (tertiary/aromatic N) is 4. The van der Waals surface area contributed by atoms with E-state index in [9.17, 15) is 9.90 Å². The summed E-state index contributed by atoms with van der Waals surface area (Å²) in [6.07, 6.45) is 4.00. The molecule has 1 aliphatic heterocycles. The number of carboxylic acids is 1. The molecule has 2 heterocycles. The molecule has 6 heteroatoms. The predicted octanol–water partition coefficient (Wildman–Crippen LogP) is 3.52. The standard InChI is InChI=1S/C21H22N4O2/c1-24-14-22-23-20(24)19-7-4-12-25(19)13-15-8-10-16(11-9-15)17-5-2-3-6-18(17)21(26)27/h2-3,5-6,8-11,14,19H,4,7,12-13H2,1H3,(H,26,27). The van der Waals surface area contributed by atoms with Crippen LogP contribution < -0.4 is 0 Å². The normalized spacial score (nSPS) is 17.3. The molecule has 0 amide bonds. The molecule has 3 aromatic rings. The molecule has 0 spiro atoms. The minimum absolute atomic E-state index is 0.296.